The van der Waals surface area contributed by atoms with Gasteiger partial charge in [-0.15, -0.1) is 50.3 Å². The number of hydrogen-bond donors (Lipinski definition) is 0. The van der Waals surface area contributed by atoms with E-state index in [0.717, 1.165) is 11.8 Å². The Morgan fingerprint density at radius 1 is 0.783 bits per heavy atom. The number of fused-ring (bicyclic) bond motifs is 2. The summed E-state index contributed by atoms with van der Waals surface area (Å²) in [5, 5.41) is 0. The second-order valence-corrected chi connectivity index (χ2v) is 5.62. The van der Waals surface area contributed by atoms with Crippen LogP contribution in [-0.4, -0.2) is 0 Å². The Morgan fingerprint density at radius 3 is 1.52 bits per heavy atom. The van der Waals surface area contributed by atoms with E-state index in [4.69, 9.17) is 0 Å². The molecule has 2 saturated carbocycles. The van der Waals surface area contributed by atoms with Crippen molar-refractivity contribution in [3.05, 3.63) is 88.5 Å². The van der Waals surface area contributed by atoms with E-state index in [0.29, 0.717) is 0 Å². The normalized spacial score (nSPS) is 24.5. The molecular formula is C22H32Ti. The molecule has 2 fully saturated rings. The molecule has 0 bridgehead atoms. The van der Waals surface area contributed by atoms with Gasteiger partial charge in [0, 0.05) is 0 Å². The van der Waals surface area contributed by atoms with E-state index in [-0.39, 0.29) is 36.6 Å². The van der Waals surface area contributed by atoms with E-state index in [2.05, 4.69) is 62.5 Å². The smallest absolute Gasteiger partial charge is 0.358 e. The molecule has 4 aliphatic rings. The largest absolute Gasteiger partial charge is 4.00 e. The van der Waals surface area contributed by atoms with Gasteiger partial charge in [0.25, 0.3) is 0 Å². The third kappa shape index (κ3) is 7.06. The summed E-state index contributed by atoms with van der Waals surface area (Å²) in [5.74, 6) is 1.77. The third-order valence-corrected chi connectivity index (χ3v) is 4.42. The molecule has 124 valence electrons. The standard InChI is InChI=1S/2C9H11.C2H4.2CH3.Ti/c2*1-2-5-9-7-3-6-8(9)4-1;1-2;;;/h2*1-2,4,6,9H,3,5,7H2;1-2H2;2*1H3;/q2*-1;;2*-1;+4. The molecule has 0 spiro atoms. The molecular weight excluding hydrogens is 312 g/mol. The van der Waals surface area contributed by atoms with Gasteiger partial charge in [0.05, 0.1) is 0 Å². The Morgan fingerprint density at radius 2 is 1.17 bits per heavy atom. The van der Waals surface area contributed by atoms with Gasteiger partial charge in [0.15, 0.2) is 0 Å². The minimum atomic E-state index is 0. The van der Waals surface area contributed by atoms with Gasteiger partial charge in [-0.25, -0.2) is 36.1 Å². The fourth-order valence-electron chi connectivity index (χ4n) is 3.33. The maximum absolute atomic E-state index is 3.00. The molecule has 4 aliphatic carbocycles. The van der Waals surface area contributed by atoms with Crippen LogP contribution in [0.25, 0.3) is 0 Å². The van der Waals surface area contributed by atoms with Crippen molar-refractivity contribution in [2.45, 2.75) is 38.5 Å². The third-order valence-electron chi connectivity index (χ3n) is 4.42. The molecule has 0 aromatic heterocycles. The first-order valence-corrected chi connectivity index (χ1v) is 7.83. The van der Waals surface area contributed by atoms with Crippen LogP contribution in [0.4, 0.5) is 0 Å². The zero-order chi connectivity index (χ0) is 14.2. The van der Waals surface area contributed by atoms with Crippen LogP contribution in [0, 0.1) is 39.5 Å². The van der Waals surface area contributed by atoms with Crippen molar-refractivity contribution in [3.8, 4) is 0 Å². The van der Waals surface area contributed by atoms with Crippen LogP contribution in [0.1, 0.15) is 38.5 Å². The van der Waals surface area contributed by atoms with Crippen LogP contribution in [0.3, 0.4) is 0 Å². The summed E-state index contributed by atoms with van der Waals surface area (Å²) in [6, 6.07) is 0. The molecule has 23 heavy (non-hydrogen) atoms. The summed E-state index contributed by atoms with van der Waals surface area (Å²) < 4.78 is 0. The van der Waals surface area contributed by atoms with Crippen LogP contribution in [0.15, 0.2) is 60.8 Å². The first-order chi connectivity index (χ1) is 9.93. The molecule has 0 N–H and O–H groups in total. The zero-order valence-electron chi connectivity index (χ0n) is 14.9. The van der Waals surface area contributed by atoms with Gasteiger partial charge in [-0.1, -0.05) is 12.8 Å². The topological polar surface area (TPSA) is 0 Å². The van der Waals surface area contributed by atoms with E-state index in [1.54, 1.807) is 11.1 Å². The molecule has 0 saturated heterocycles. The number of hydrogen-bond acceptors (Lipinski definition) is 0. The Labute approximate surface area is 160 Å². The molecule has 2 atom stereocenters. The Balaban J connectivity index is 0. The molecule has 0 aromatic rings. The maximum atomic E-state index is 3.00. The zero-order valence-corrected chi connectivity index (χ0v) is 16.5. The number of allylic oxidation sites excluding steroid dienone is 8. The maximum Gasteiger partial charge on any atom is 4.00 e. The summed E-state index contributed by atoms with van der Waals surface area (Å²) >= 11 is 0. The summed E-state index contributed by atoms with van der Waals surface area (Å²) in [7, 11) is 0. The van der Waals surface area contributed by atoms with E-state index in [9.17, 15) is 0 Å². The molecule has 0 aliphatic heterocycles. The molecule has 0 radical (unpaired) electrons. The van der Waals surface area contributed by atoms with Gasteiger partial charge in [0.2, 0.25) is 0 Å². The van der Waals surface area contributed by atoms with E-state index >= 15 is 0 Å². The van der Waals surface area contributed by atoms with Gasteiger partial charge < -0.3 is 14.9 Å². The summed E-state index contributed by atoms with van der Waals surface area (Å²) in [4.78, 5) is 0. The summed E-state index contributed by atoms with van der Waals surface area (Å²) in [6.07, 6.45) is 26.1. The van der Waals surface area contributed by atoms with Crippen molar-refractivity contribution in [1.82, 2.24) is 0 Å². The first-order valence-electron chi connectivity index (χ1n) is 7.83. The van der Waals surface area contributed by atoms with Gasteiger partial charge in [-0.3, -0.25) is 0 Å². The van der Waals surface area contributed by atoms with Crippen LogP contribution in [-0.2, 0) is 21.7 Å². The minimum absolute atomic E-state index is 0. The SMILES string of the molecule is C1=CCC2CC[CH-]C2=C1.C1=CCC2CC[CH-]C2=C1.C=C.[CH3-].[CH3-].[Ti+4]. The molecule has 2 unspecified atom stereocenters. The molecule has 0 nitrogen and oxygen atoms in total. The average molecular weight is 344 g/mol. The van der Waals surface area contributed by atoms with Gasteiger partial charge >= 0.3 is 21.7 Å². The van der Waals surface area contributed by atoms with Crippen molar-refractivity contribution in [2.75, 3.05) is 0 Å². The molecule has 4 rings (SSSR count). The second-order valence-electron chi connectivity index (χ2n) is 5.62. The van der Waals surface area contributed by atoms with Crippen molar-refractivity contribution in [1.29, 1.82) is 0 Å². The van der Waals surface area contributed by atoms with Gasteiger partial charge in [-0.2, -0.15) is 0 Å². The molecule has 0 heterocycles. The Bertz CT molecular complexity index is 385. The predicted molar refractivity (Wildman–Crippen MR) is 102 cm³/mol. The number of rotatable bonds is 0. The van der Waals surface area contributed by atoms with E-state index in [1.165, 1.54) is 38.5 Å². The van der Waals surface area contributed by atoms with Crippen molar-refractivity contribution in [3.63, 3.8) is 0 Å². The first kappa shape index (κ1) is 24.4. The molecule has 0 amide bonds. The predicted octanol–water partition coefficient (Wildman–Crippen LogP) is 6.67. The monoisotopic (exact) mass is 344 g/mol. The average Bonchev–Trinajstić information content (AvgIpc) is 3.18. The van der Waals surface area contributed by atoms with Crippen molar-refractivity contribution < 1.29 is 21.7 Å². The molecule has 0 aromatic carbocycles. The van der Waals surface area contributed by atoms with Crippen LogP contribution >= 0.6 is 0 Å². The Hall–Kier alpha value is -0.846. The second kappa shape index (κ2) is 13.6. The van der Waals surface area contributed by atoms with Gasteiger partial charge in [-0.05, 0) is 24.7 Å². The van der Waals surface area contributed by atoms with Crippen molar-refractivity contribution >= 4 is 0 Å². The van der Waals surface area contributed by atoms with Crippen LogP contribution in [0.5, 0.6) is 0 Å². The fourth-order valence-corrected chi connectivity index (χ4v) is 3.33. The van der Waals surface area contributed by atoms with E-state index in [1.807, 2.05) is 0 Å². The quantitative estimate of drug-likeness (QED) is 0.261. The van der Waals surface area contributed by atoms with E-state index < -0.39 is 0 Å². The molecule has 1 heteroatoms. The van der Waals surface area contributed by atoms with Crippen LogP contribution < -0.4 is 0 Å². The Kier molecular flexibility index (Phi) is 14.4. The minimum Gasteiger partial charge on any atom is -0.358 e. The van der Waals surface area contributed by atoms with Gasteiger partial charge in [0.1, 0.15) is 0 Å². The summed E-state index contributed by atoms with van der Waals surface area (Å²) in [5.41, 5.74) is 3.16. The van der Waals surface area contributed by atoms with Crippen molar-refractivity contribution in [2.24, 2.45) is 11.8 Å². The van der Waals surface area contributed by atoms with Crippen LogP contribution in [0.2, 0.25) is 0 Å². The fraction of sp³-hybridized carbons (Fsp3) is 0.364. The summed E-state index contributed by atoms with van der Waals surface area (Å²) in [6.45, 7) is 6.00.